The number of nitrogens with zero attached hydrogens (tertiary/aromatic N) is 3. The van der Waals surface area contributed by atoms with Crippen LogP contribution in [0.25, 0.3) is 22.6 Å². The number of fused-ring (bicyclic) bond motifs is 1. The fourth-order valence-corrected chi connectivity index (χ4v) is 4.74. The average molecular weight is 439 g/mol. The Hall–Kier alpha value is -3.13. The molecule has 1 aromatic heterocycles. The van der Waals surface area contributed by atoms with E-state index in [2.05, 4.69) is 10.2 Å². The van der Waals surface area contributed by atoms with E-state index >= 15 is 0 Å². The second kappa shape index (κ2) is 7.20. The maximum Gasteiger partial charge on any atom is 0.255 e. The van der Waals surface area contributed by atoms with Gasteiger partial charge in [-0.3, -0.25) is 4.79 Å². The number of hydrogen-bond donors (Lipinski definition) is 1. The van der Waals surface area contributed by atoms with E-state index in [4.69, 9.17) is 4.42 Å². The summed E-state index contributed by atoms with van der Waals surface area (Å²) in [6.45, 7) is 4.94. The molecule has 1 saturated carbocycles. The van der Waals surface area contributed by atoms with Gasteiger partial charge in [0.05, 0.1) is 23.8 Å². The minimum Gasteiger partial charge on any atom is -0.421 e. The van der Waals surface area contributed by atoms with E-state index in [-0.39, 0.29) is 29.5 Å². The van der Waals surface area contributed by atoms with Gasteiger partial charge in [0.1, 0.15) is 0 Å². The molecule has 3 aromatic rings. The van der Waals surface area contributed by atoms with Crippen LogP contribution in [-0.2, 0) is 6.54 Å². The summed E-state index contributed by atoms with van der Waals surface area (Å²) in [5, 5.41) is 18.5. The summed E-state index contributed by atoms with van der Waals surface area (Å²) in [5.74, 6) is -1.46. The smallest absolute Gasteiger partial charge is 0.255 e. The molecule has 0 saturated heterocycles. The lowest BCUT2D eigenvalue weighted by Gasteiger charge is -2.37. The van der Waals surface area contributed by atoms with E-state index in [0.717, 1.165) is 18.9 Å². The first-order valence-electron chi connectivity index (χ1n) is 10.6. The Morgan fingerprint density at radius 3 is 2.38 bits per heavy atom. The van der Waals surface area contributed by atoms with Crippen LogP contribution in [0, 0.1) is 24.5 Å². The van der Waals surface area contributed by atoms with Crippen molar-refractivity contribution in [1.29, 1.82) is 0 Å². The molecule has 1 amide bonds. The van der Waals surface area contributed by atoms with Crippen LogP contribution in [-0.4, -0.2) is 37.8 Å². The van der Waals surface area contributed by atoms with Gasteiger partial charge >= 0.3 is 0 Å². The van der Waals surface area contributed by atoms with Crippen LogP contribution in [0.3, 0.4) is 0 Å². The van der Waals surface area contributed by atoms with Gasteiger partial charge in [-0.15, -0.1) is 10.2 Å². The fraction of sp³-hybridized carbons (Fsp3) is 0.375. The molecule has 2 aromatic carbocycles. The number of aryl methyl sites for hydroxylation is 1. The first-order chi connectivity index (χ1) is 15.1. The van der Waals surface area contributed by atoms with E-state index in [9.17, 15) is 18.7 Å². The molecule has 0 radical (unpaired) electrons. The van der Waals surface area contributed by atoms with Crippen molar-refractivity contribution in [2.75, 3.05) is 0 Å². The topological polar surface area (TPSA) is 79.5 Å². The summed E-state index contributed by atoms with van der Waals surface area (Å²) in [5.41, 5.74) is 0.610. The van der Waals surface area contributed by atoms with Gasteiger partial charge in [0.2, 0.25) is 11.8 Å². The lowest BCUT2D eigenvalue weighted by molar-refractivity contribution is -0.0225. The third-order valence-corrected chi connectivity index (χ3v) is 6.22. The van der Waals surface area contributed by atoms with E-state index in [1.807, 2.05) is 0 Å². The molecule has 1 unspecified atom stereocenters. The molecule has 6 nitrogen and oxygen atoms in total. The predicted octanol–water partition coefficient (Wildman–Crippen LogP) is 4.50. The molecule has 5 rings (SSSR count). The first-order valence-corrected chi connectivity index (χ1v) is 10.6. The molecule has 166 valence electrons. The summed E-state index contributed by atoms with van der Waals surface area (Å²) in [6.07, 6.45) is 1.80. The Bertz CT molecular complexity index is 1210. The molecule has 32 heavy (non-hydrogen) atoms. The molecule has 0 spiro atoms. The van der Waals surface area contributed by atoms with Crippen molar-refractivity contribution in [3.05, 3.63) is 59.0 Å². The lowest BCUT2D eigenvalue weighted by Crippen LogP contribution is -2.51. The summed E-state index contributed by atoms with van der Waals surface area (Å²) < 4.78 is 34.7. The molecule has 1 fully saturated rings. The number of aliphatic hydroxyl groups is 1. The second-order valence-electron chi connectivity index (χ2n) is 9.15. The van der Waals surface area contributed by atoms with Crippen LogP contribution in [0.4, 0.5) is 8.78 Å². The zero-order chi connectivity index (χ0) is 22.8. The molecule has 2 heterocycles. The summed E-state index contributed by atoms with van der Waals surface area (Å²) >= 11 is 0. The SMILES string of the molecule is Cc1nnc(-c2ccc(-c3cc(F)c(F)c4c3C(=O)N(C(C3CC3)C(C)(C)O)C4)cc2)o1. The highest BCUT2D eigenvalue weighted by Crippen LogP contribution is 2.45. The second-order valence-corrected chi connectivity index (χ2v) is 9.15. The molecular weight excluding hydrogens is 416 g/mol. The average Bonchev–Trinajstić information content (AvgIpc) is 3.38. The Morgan fingerprint density at radius 2 is 1.81 bits per heavy atom. The minimum atomic E-state index is -1.15. The highest BCUT2D eigenvalue weighted by atomic mass is 19.2. The molecule has 2 aliphatic rings. The van der Waals surface area contributed by atoms with Crippen LogP contribution in [0.1, 0.15) is 48.5 Å². The number of carbonyl (C=O) groups is 1. The molecular formula is C24H23F2N3O3. The van der Waals surface area contributed by atoms with Crippen LogP contribution < -0.4 is 0 Å². The first kappa shape index (κ1) is 20.8. The van der Waals surface area contributed by atoms with E-state index in [0.29, 0.717) is 28.5 Å². The van der Waals surface area contributed by atoms with Crippen molar-refractivity contribution in [1.82, 2.24) is 15.1 Å². The van der Waals surface area contributed by atoms with Crippen LogP contribution in [0.5, 0.6) is 0 Å². The Kier molecular flexibility index (Phi) is 4.67. The van der Waals surface area contributed by atoms with Gasteiger partial charge in [0.25, 0.3) is 5.91 Å². The zero-order valence-corrected chi connectivity index (χ0v) is 18.0. The standard InChI is InChI=1S/C24H23F2N3O3/c1-12-27-28-22(32-12)15-8-4-13(5-9-15)16-10-18(25)20(26)17-11-29(23(30)19(16)17)21(14-6-7-14)24(2,3)31/h4-5,8-10,14,21,31H,6-7,11H2,1-3H3. The number of carbonyl (C=O) groups excluding carboxylic acids is 1. The van der Waals surface area contributed by atoms with E-state index in [1.165, 1.54) is 4.90 Å². The molecule has 1 N–H and O–H groups in total. The number of halogens is 2. The van der Waals surface area contributed by atoms with Gasteiger partial charge in [-0.25, -0.2) is 8.78 Å². The Labute approximate surface area is 183 Å². The monoisotopic (exact) mass is 439 g/mol. The van der Waals surface area contributed by atoms with Crippen molar-refractivity contribution in [2.24, 2.45) is 5.92 Å². The summed E-state index contributed by atoms with van der Waals surface area (Å²) in [7, 11) is 0. The lowest BCUT2D eigenvalue weighted by atomic mass is 9.92. The zero-order valence-electron chi connectivity index (χ0n) is 18.0. The third-order valence-electron chi connectivity index (χ3n) is 6.22. The fourth-order valence-electron chi connectivity index (χ4n) is 4.74. The highest BCUT2D eigenvalue weighted by molar-refractivity contribution is 6.05. The normalized spacial score (nSPS) is 17.1. The largest absolute Gasteiger partial charge is 0.421 e. The Morgan fingerprint density at radius 1 is 1.16 bits per heavy atom. The van der Waals surface area contributed by atoms with Gasteiger partial charge in [-0.1, -0.05) is 12.1 Å². The predicted molar refractivity (Wildman–Crippen MR) is 113 cm³/mol. The number of rotatable bonds is 5. The van der Waals surface area contributed by atoms with Crippen LogP contribution >= 0.6 is 0 Å². The minimum absolute atomic E-state index is 0.0384. The van der Waals surface area contributed by atoms with Gasteiger partial charge in [-0.05, 0) is 61.9 Å². The quantitative estimate of drug-likeness (QED) is 0.634. The molecule has 1 atom stereocenters. The van der Waals surface area contributed by atoms with Crippen molar-refractivity contribution >= 4 is 5.91 Å². The van der Waals surface area contributed by atoms with Gasteiger partial charge in [0.15, 0.2) is 11.6 Å². The number of amides is 1. The summed E-state index contributed by atoms with van der Waals surface area (Å²) in [6, 6.07) is 7.50. The van der Waals surface area contributed by atoms with Crippen LogP contribution in [0.15, 0.2) is 34.7 Å². The van der Waals surface area contributed by atoms with E-state index < -0.39 is 23.3 Å². The van der Waals surface area contributed by atoms with Crippen molar-refractivity contribution in [3.8, 4) is 22.6 Å². The summed E-state index contributed by atoms with van der Waals surface area (Å²) in [4.78, 5) is 15.0. The Balaban J connectivity index is 1.56. The van der Waals surface area contributed by atoms with Crippen LogP contribution in [0.2, 0.25) is 0 Å². The van der Waals surface area contributed by atoms with Crippen molar-refractivity contribution < 1.29 is 23.1 Å². The maximum absolute atomic E-state index is 14.8. The maximum atomic E-state index is 14.8. The molecule has 0 bridgehead atoms. The highest BCUT2D eigenvalue weighted by Gasteiger charge is 2.49. The molecule has 1 aliphatic carbocycles. The van der Waals surface area contributed by atoms with Gasteiger partial charge < -0.3 is 14.4 Å². The number of hydrogen-bond acceptors (Lipinski definition) is 5. The van der Waals surface area contributed by atoms with Gasteiger partial charge in [-0.2, -0.15) is 0 Å². The van der Waals surface area contributed by atoms with Crippen molar-refractivity contribution in [3.63, 3.8) is 0 Å². The number of benzene rings is 2. The molecule has 1 aliphatic heterocycles. The van der Waals surface area contributed by atoms with E-state index in [1.54, 1.807) is 45.0 Å². The molecule has 8 heteroatoms. The van der Waals surface area contributed by atoms with Gasteiger partial charge in [0, 0.05) is 18.1 Å². The third kappa shape index (κ3) is 3.39. The van der Waals surface area contributed by atoms with Crippen molar-refractivity contribution in [2.45, 2.75) is 51.8 Å². The number of aromatic nitrogens is 2.